The predicted octanol–water partition coefficient (Wildman–Crippen LogP) is 3.36. The smallest absolute Gasteiger partial charge is 0.119 e. The lowest BCUT2D eigenvalue weighted by Gasteiger charge is -1.95. The largest absolute Gasteiger partial charge is 0.303 e. The summed E-state index contributed by atoms with van der Waals surface area (Å²) in [7, 11) is 0. The van der Waals surface area contributed by atoms with E-state index in [-0.39, 0.29) is 12.4 Å². The highest BCUT2D eigenvalue weighted by Crippen LogP contribution is 2.05. The summed E-state index contributed by atoms with van der Waals surface area (Å²) >= 11 is 0. The molecule has 0 aromatic carbocycles. The summed E-state index contributed by atoms with van der Waals surface area (Å²) in [4.78, 5) is 9.89. The van der Waals surface area contributed by atoms with Gasteiger partial charge in [0.25, 0.3) is 0 Å². The first-order chi connectivity index (χ1) is 4.91. The normalized spacial score (nSPS) is 8.82. The number of carbonyl (C=O) groups excluding carboxylic acids is 1. The summed E-state index contributed by atoms with van der Waals surface area (Å²) < 4.78 is 0. The van der Waals surface area contributed by atoms with Crippen molar-refractivity contribution < 1.29 is 4.79 Å². The quantitative estimate of drug-likeness (QED) is 0.432. The van der Waals surface area contributed by atoms with Crippen molar-refractivity contribution in [3.63, 3.8) is 0 Å². The van der Waals surface area contributed by atoms with Crippen molar-refractivity contribution in [2.24, 2.45) is 0 Å². The zero-order valence-electron chi connectivity index (χ0n) is 7.34. The lowest BCUT2D eigenvalue weighted by Crippen LogP contribution is -1.79. The molecule has 0 aliphatic carbocycles. The van der Waals surface area contributed by atoms with Crippen molar-refractivity contribution in [1.82, 2.24) is 0 Å². The molecule has 2 heteroatoms. The van der Waals surface area contributed by atoms with Crippen molar-refractivity contribution in [3.05, 3.63) is 0 Å². The number of unbranched alkanes of at least 4 members (excludes halogenated alkanes) is 6. The van der Waals surface area contributed by atoms with E-state index in [1.54, 1.807) is 0 Å². The summed E-state index contributed by atoms with van der Waals surface area (Å²) in [5.74, 6) is 0. The summed E-state index contributed by atoms with van der Waals surface area (Å²) in [6, 6.07) is 0. The minimum absolute atomic E-state index is 0. The lowest BCUT2D eigenvalue weighted by molar-refractivity contribution is -0.107. The Morgan fingerprint density at radius 2 is 1.55 bits per heavy atom. The van der Waals surface area contributed by atoms with Gasteiger partial charge in [0.1, 0.15) is 6.29 Å². The standard InChI is InChI=1S/C9H18O.ClH/c1-2-3-4-5-6-7-8-9-10;/h9H,2-8H2,1H3;1H. The maximum Gasteiger partial charge on any atom is 0.119 e. The van der Waals surface area contributed by atoms with Crippen LogP contribution in [0.3, 0.4) is 0 Å². The van der Waals surface area contributed by atoms with Gasteiger partial charge in [-0.05, 0) is 6.42 Å². The third kappa shape index (κ3) is 13.0. The Labute approximate surface area is 76.0 Å². The van der Waals surface area contributed by atoms with E-state index in [0.717, 1.165) is 19.1 Å². The number of rotatable bonds is 7. The fourth-order valence-corrected chi connectivity index (χ4v) is 1.01. The van der Waals surface area contributed by atoms with Crippen LogP contribution in [0.1, 0.15) is 51.9 Å². The topological polar surface area (TPSA) is 17.1 Å². The van der Waals surface area contributed by atoms with Crippen LogP contribution in [0.4, 0.5) is 0 Å². The minimum Gasteiger partial charge on any atom is -0.303 e. The molecule has 0 N–H and O–H groups in total. The number of halogens is 1. The van der Waals surface area contributed by atoms with Crippen molar-refractivity contribution in [2.75, 3.05) is 0 Å². The Kier molecular flexibility index (Phi) is 15.5. The molecular weight excluding hydrogens is 160 g/mol. The number of carbonyl (C=O) groups is 1. The van der Waals surface area contributed by atoms with Gasteiger partial charge in [-0.25, -0.2) is 0 Å². The van der Waals surface area contributed by atoms with Crippen LogP contribution in [0.2, 0.25) is 0 Å². The van der Waals surface area contributed by atoms with E-state index in [1.165, 1.54) is 32.1 Å². The molecule has 0 rings (SSSR count). The fraction of sp³-hybridized carbons (Fsp3) is 0.889. The third-order valence-electron chi connectivity index (χ3n) is 1.68. The maximum absolute atomic E-state index is 9.89. The molecule has 0 spiro atoms. The van der Waals surface area contributed by atoms with Gasteiger partial charge in [-0.2, -0.15) is 0 Å². The van der Waals surface area contributed by atoms with Crippen molar-refractivity contribution in [1.29, 1.82) is 0 Å². The lowest BCUT2D eigenvalue weighted by atomic mass is 10.1. The van der Waals surface area contributed by atoms with Gasteiger partial charge in [0.2, 0.25) is 0 Å². The molecule has 0 heterocycles. The fourth-order valence-electron chi connectivity index (χ4n) is 1.01. The molecular formula is C9H19ClO. The van der Waals surface area contributed by atoms with Gasteiger partial charge in [0, 0.05) is 6.42 Å². The molecule has 0 radical (unpaired) electrons. The molecule has 0 amide bonds. The number of hydrogen-bond acceptors (Lipinski definition) is 1. The van der Waals surface area contributed by atoms with Crippen LogP contribution >= 0.6 is 12.4 Å². The molecule has 11 heavy (non-hydrogen) atoms. The minimum atomic E-state index is 0. The molecule has 0 aliphatic heterocycles. The van der Waals surface area contributed by atoms with Gasteiger partial charge >= 0.3 is 0 Å². The van der Waals surface area contributed by atoms with Crippen LogP contribution in [0, 0.1) is 0 Å². The van der Waals surface area contributed by atoms with E-state index in [4.69, 9.17) is 0 Å². The number of hydrogen-bond donors (Lipinski definition) is 0. The van der Waals surface area contributed by atoms with E-state index < -0.39 is 0 Å². The van der Waals surface area contributed by atoms with Gasteiger partial charge in [0.05, 0.1) is 0 Å². The van der Waals surface area contributed by atoms with E-state index in [1.807, 2.05) is 0 Å². The Balaban J connectivity index is 0. The van der Waals surface area contributed by atoms with Crippen molar-refractivity contribution in [3.8, 4) is 0 Å². The Morgan fingerprint density at radius 1 is 1.00 bits per heavy atom. The molecule has 68 valence electrons. The highest BCUT2D eigenvalue weighted by atomic mass is 35.5. The first-order valence-electron chi connectivity index (χ1n) is 4.35. The van der Waals surface area contributed by atoms with Gasteiger partial charge in [-0.3, -0.25) is 0 Å². The molecule has 0 saturated heterocycles. The highest BCUT2D eigenvalue weighted by molar-refractivity contribution is 5.85. The SMILES string of the molecule is CCCCCCCCC=O.Cl. The average molecular weight is 179 g/mol. The Hall–Kier alpha value is -0.0400. The highest BCUT2D eigenvalue weighted by Gasteiger charge is 1.87. The summed E-state index contributed by atoms with van der Waals surface area (Å²) in [6.07, 6.45) is 9.39. The molecule has 0 aromatic rings. The maximum atomic E-state index is 9.89. The van der Waals surface area contributed by atoms with Gasteiger partial charge in [-0.15, -0.1) is 12.4 Å². The van der Waals surface area contributed by atoms with E-state index in [2.05, 4.69) is 6.92 Å². The molecule has 0 aromatic heterocycles. The zero-order chi connectivity index (χ0) is 7.66. The second-order valence-electron chi connectivity index (χ2n) is 2.72. The predicted molar refractivity (Wildman–Crippen MR) is 51.3 cm³/mol. The number of aldehydes is 1. The Bertz CT molecular complexity index is 74.0. The van der Waals surface area contributed by atoms with Crippen molar-refractivity contribution in [2.45, 2.75) is 51.9 Å². The molecule has 0 saturated carbocycles. The summed E-state index contributed by atoms with van der Waals surface area (Å²) in [5.41, 5.74) is 0. The van der Waals surface area contributed by atoms with Crippen LogP contribution in [-0.4, -0.2) is 6.29 Å². The van der Waals surface area contributed by atoms with Crippen LogP contribution in [0.5, 0.6) is 0 Å². The first-order valence-corrected chi connectivity index (χ1v) is 4.35. The molecule has 0 fully saturated rings. The second kappa shape index (κ2) is 12.6. The Morgan fingerprint density at radius 3 is 2.09 bits per heavy atom. The van der Waals surface area contributed by atoms with Crippen LogP contribution < -0.4 is 0 Å². The third-order valence-corrected chi connectivity index (χ3v) is 1.68. The molecule has 1 nitrogen and oxygen atoms in total. The van der Waals surface area contributed by atoms with Gasteiger partial charge < -0.3 is 4.79 Å². The average Bonchev–Trinajstić information content (AvgIpc) is 1.97. The molecule has 0 atom stereocenters. The molecule has 0 unspecified atom stereocenters. The summed E-state index contributed by atoms with van der Waals surface area (Å²) in [5, 5.41) is 0. The van der Waals surface area contributed by atoms with E-state index in [0.29, 0.717) is 0 Å². The van der Waals surface area contributed by atoms with Crippen molar-refractivity contribution >= 4 is 18.7 Å². The monoisotopic (exact) mass is 178 g/mol. The van der Waals surface area contributed by atoms with Crippen LogP contribution in [0.15, 0.2) is 0 Å². The second-order valence-corrected chi connectivity index (χ2v) is 2.72. The van der Waals surface area contributed by atoms with Crippen LogP contribution in [0.25, 0.3) is 0 Å². The molecule has 0 bridgehead atoms. The molecule has 0 aliphatic rings. The first kappa shape index (κ1) is 13.5. The van der Waals surface area contributed by atoms with E-state index >= 15 is 0 Å². The van der Waals surface area contributed by atoms with Gasteiger partial charge in [0.15, 0.2) is 0 Å². The zero-order valence-corrected chi connectivity index (χ0v) is 8.16. The summed E-state index contributed by atoms with van der Waals surface area (Å²) in [6.45, 7) is 2.21. The van der Waals surface area contributed by atoms with Crippen LogP contribution in [-0.2, 0) is 4.79 Å². The van der Waals surface area contributed by atoms with E-state index in [9.17, 15) is 4.79 Å². The van der Waals surface area contributed by atoms with Gasteiger partial charge in [-0.1, -0.05) is 39.0 Å².